The normalized spacial score (nSPS) is 26.8. The van der Waals surface area contributed by atoms with Gasteiger partial charge >= 0.3 is 0 Å². The van der Waals surface area contributed by atoms with E-state index in [-0.39, 0.29) is 12.2 Å². The molecule has 0 aromatic carbocycles. The molecule has 1 heterocycles. The van der Waals surface area contributed by atoms with E-state index in [9.17, 15) is 4.79 Å². The topological polar surface area (TPSA) is 32.3 Å². The third-order valence-corrected chi connectivity index (χ3v) is 4.45. The van der Waals surface area contributed by atoms with Gasteiger partial charge in [-0.1, -0.05) is 53.4 Å². The van der Waals surface area contributed by atoms with Gasteiger partial charge in [-0.3, -0.25) is 10.1 Å². The van der Waals surface area contributed by atoms with Crippen LogP contribution >= 0.6 is 0 Å². The van der Waals surface area contributed by atoms with Crippen LogP contribution in [0.4, 0.5) is 0 Å². The van der Waals surface area contributed by atoms with Gasteiger partial charge in [-0.15, -0.1) is 0 Å². The first kappa shape index (κ1) is 16.5. The van der Waals surface area contributed by atoms with Crippen LogP contribution in [-0.2, 0) is 4.79 Å². The van der Waals surface area contributed by atoms with Gasteiger partial charge in [0.25, 0.3) is 0 Å². The zero-order valence-corrected chi connectivity index (χ0v) is 13.4. The van der Waals surface area contributed by atoms with Crippen LogP contribution in [-0.4, -0.2) is 29.1 Å². The molecule has 1 saturated heterocycles. The van der Waals surface area contributed by atoms with Crippen LogP contribution in [0.15, 0.2) is 0 Å². The SMILES string of the molecule is CCCCC(C)N1C(=O)C(C(C)CC)NC1CCC. The summed E-state index contributed by atoms with van der Waals surface area (Å²) in [7, 11) is 0. The molecule has 1 N–H and O–H groups in total. The molecule has 112 valence electrons. The Morgan fingerprint density at radius 2 is 1.89 bits per heavy atom. The summed E-state index contributed by atoms with van der Waals surface area (Å²) in [5.41, 5.74) is 0. The van der Waals surface area contributed by atoms with Gasteiger partial charge in [0.2, 0.25) is 5.91 Å². The molecular weight excluding hydrogens is 236 g/mol. The molecule has 1 amide bonds. The molecule has 3 heteroatoms. The molecule has 4 atom stereocenters. The summed E-state index contributed by atoms with van der Waals surface area (Å²) in [4.78, 5) is 14.8. The minimum atomic E-state index is 0.0330. The van der Waals surface area contributed by atoms with Crippen molar-refractivity contribution in [2.75, 3.05) is 0 Å². The van der Waals surface area contributed by atoms with E-state index in [0.717, 1.165) is 25.7 Å². The maximum absolute atomic E-state index is 12.7. The van der Waals surface area contributed by atoms with Crippen molar-refractivity contribution in [1.29, 1.82) is 0 Å². The fourth-order valence-electron chi connectivity index (χ4n) is 2.98. The van der Waals surface area contributed by atoms with Crippen molar-refractivity contribution in [3.63, 3.8) is 0 Å². The van der Waals surface area contributed by atoms with Crippen LogP contribution in [0.25, 0.3) is 0 Å². The van der Waals surface area contributed by atoms with E-state index in [1.165, 1.54) is 12.8 Å². The maximum atomic E-state index is 12.7. The highest BCUT2D eigenvalue weighted by molar-refractivity contribution is 5.85. The minimum absolute atomic E-state index is 0.0330. The molecule has 0 spiro atoms. The minimum Gasteiger partial charge on any atom is -0.323 e. The summed E-state index contributed by atoms with van der Waals surface area (Å²) in [5, 5.41) is 3.58. The number of nitrogens with zero attached hydrogens (tertiary/aromatic N) is 1. The van der Waals surface area contributed by atoms with Gasteiger partial charge in [0.1, 0.15) is 0 Å². The van der Waals surface area contributed by atoms with Gasteiger partial charge in [-0.05, 0) is 25.7 Å². The highest BCUT2D eigenvalue weighted by atomic mass is 16.2. The van der Waals surface area contributed by atoms with Gasteiger partial charge in [0.15, 0.2) is 0 Å². The van der Waals surface area contributed by atoms with E-state index in [0.29, 0.717) is 17.9 Å². The second kappa shape index (κ2) is 7.88. The summed E-state index contributed by atoms with van der Waals surface area (Å²) < 4.78 is 0. The monoisotopic (exact) mass is 268 g/mol. The van der Waals surface area contributed by atoms with Gasteiger partial charge in [-0.25, -0.2) is 0 Å². The standard InChI is InChI=1S/C16H32N2O/c1-6-9-11-13(5)18-14(10-7-2)17-15(16(18)19)12(4)8-3/h12-15,17H,6-11H2,1-5H3. The Kier molecular flexibility index (Phi) is 6.84. The lowest BCUT2D eigenvalue weighted by Gasteiger charge is -2.30. The zero-order valence-electron chi connectivity index (χ0n) is 13.4. The molecule has 0 saturated carbocycles. The first-order valence-corrected chi connectivity index (χ1v) is 8.14. The van der Waals surface area contributed by atoms with E-state index < -0.39 is 0 Å². The van der Waals surface area contributed by atoms with Crippen LogP contribution in [0.2, 0.25) is 0 Å². The van der Waals surface area contributed by atoms with E-state index in [1.807, 2.05) is 0 Å². The average Bonchev–Trinajstić information content (AvgIpc) is 2.72. The number of carbonyl (C=O) groups excluding carboxylic acids is 1. The Hall–Kier alpha value is -0.570. The Morgan fingerprint density at radius 3 is 2.42 bits per heavy atom. The van der Waals surface area contributed by atoms with Crippen LogP contribution in [0.1, 0.15) is 73.1 Å². The number of hydrogen-bond donors (Lipinski definition) is 1. The van der Waals surface area contributed by atoms with Crippen molar-refractivity contribution in [1.82, 2.24) is 10.2 Å². The van der Waals surface area contributed by atoms with Crippen molar-refractivity contribution < 1.29 is 4.79 Å². The Labute approximate surface area is 119 Å². The molecule has 0 aromatic rings. The molecule has 1 aliphatic heterocycles. The summed E-state index contributed by atoms with van der Waals surface area (Å²) in [6.07, 6.45) is 7.02. The molecular formula is C16H32N2O. The van der Waals surface area contributed by atoms with Crippen LogP contribution in [0.3, 0.4) is 0 Å². The molecule has 1 fully saturated rings. The average molecular weight is 268 g/mol. The molecule has 19 heavy (non-hydrogen) atoms. The predicted octanol–water partition coefficient (Wildman–Crippen LogP) is 3.54. The number of hydrogen-bond acceptors (Lipinski definition) is 2. The summed E-state index contributed by atoms with van der Waals surface area (Å²) in [6.45, 7) is 11.0. The van der Waals surface area contributed by atoms with E-state index in [4.69, 9.17) is 0 Å². The lowest BCUT2D eigenvalue weighted by atomic mass is 9.99. The number of unbranched alkanes of at least 4 members (excludes halogenated alkanes) is 1. The highest BCUT2D eigenvalue weighted by Gasteiger charge is 2.42. The lowest BCUT2D eigenvalue weighted by Crippen LogP contribution is -2.43. The van der Waals surface area contributed by atoms with Crippen LogP contribution < -0.4 is 5.32 Å². The second-order valence-corrected chi connectivity index (χ2v) is 6.07. The van der Waals surface area contributed by atoms with Crippen molar-refractivity contribution in [3.8, 4) is 0 Å². The van der Waals surface area contributed by atoms with E-state index in [2.05, 4.69) is 44.8 Å². The lowest BCUT2D eigenvalue weighted by molar-refractivity contribution is -0.133. The van der Waals surface area contributed by atoms with Gasteiger partial charge in [0.05, 0.1) is 12.2 Å². The zero-order chi connectivity index (χ0) is 14.4. The number of rotatable bonds is 8. The number of nitrogens with one attached hydrogen (secondary N) is 1. The molecule has 0 aromatic heterocycles. The number of amides is 1. The van der Waals surface area contributed by atoms with Gasteiger partial charge < -0.3 is 4.90 Å². The quantitative estimate of drug-likeness (QED) is 0.730. The summed E-state index contributed by atoms with van der Waals surface area (Å²) in [5.74, 6) is 0.756. The van der Waals surface area contributed by atoms with Gasteiger partial charge in [-0.2, -0.15) is 0 Å². The largest absolute Gasteiger partial charge is 0.323 e. The first-order chi connectivity index (χ1) is 9.06. The maximum Gasteiger partial charge on any atom is 0.241 e. The van der Waals surface area contributed by atoms with Gasteiger partial charge in [0, 0.05) is 6.04 Å². The molecule has 1 rings (SSSR count). The number of carbonyl (C=O) groups is 1. The smallest absolute Gasteiger partial charge is 0.241 e. The third-order valence-electron chi connectivity index (χ3n) is 4.45. The predicted molar refractivity (Wildman–Crippen MR) is 80.9 cm³/mol. The first-order valence-electron chi connectivity index (χ1n) is 8.14. The molecule has 0 radical (unpaired) electrons. The molecule has 3 nitrogen and oxygen atoms in total. The molecule has 0 aliphatic carbocycles. The van der Waals surface area contributed by atoms with Crippen molar-refractivity contribution >= 4 is 5.91 Å². The van der Waals surface area contributed by atoms with Crippen LogP contribution in [0.5, 0.6) is 0 Å². The molecule has 4 unspecified atom stereocenters. The molecule has 0 bridgehead atoms. The third kappa shape index (κ3) is 3.95. The second-order valence-electron chi connectivity index (χ2n) is 6.07. The fourth-order valence-corrected chi connectivity index (χ4v) is 2.98. The fraction of sp³-hybridized carbons (Fsp3) is 0.938. The highest BCUT2D eigenvalue weighted by Crippen LogP contribution is 2.25. The van der Waals surface area contributed by atoms with Crippen molar-refractivity contribution in [2.45, 2.75) is 91.4 Å². The van der Waals surface area contributed by atoms with Crippen molar-refractivity contribution in [2.24, 2.45) is 5.92 Å². The van der Waals surface area contributed by atoms with Crippen molar-refractivity contribution in [3.05, 3.63) is 0 Å². The summed E-state index contributed by atoms with van der Waals surface area (Å²) in [6, 6.07) is 0.399. The van der Waals surface area contributed by atoms with Crippen LogP contribution in [0, 0.1) is 5.92 Å². The Bertz CT molecular complexity index is 280. The Balaban J connectivity index is 2.76. The van der Waals surface area contributed by atoms with E-state index in [1.54, 1.807) is 0 Å². The van der Waals surface area contributed by atoms with E-state index >= 15 is 0 Å². The molecule has 1 aliphatic rings. The summed E-state index contributed by atoms with van der Waals surface area (Å²) >= 11 is 0. The Morgan fingerprint density at radius 1 is 1.21 bits per heavy atom.